The van der Waals surface area contributed by atoms with E-state index >= 15 is 0 Å². The smallest absolute Gasteiger partial charge is 0.330 e. The Morgan fingerprint density at radius 1 is 1.09 bits per heavy atom. The van der Waals surface area contributed by atoms with Gasteiger partial charge in [-0.2, -0.15) is 0 Å². The number of rotatable bonds is 5. The Balaban J connectivity index is 1.49. The van der Waals surface area contributed by atoms with E-state index in [1.54, 1.807) is 6.08 Å². The van der Waals surface area contributed by atoms with Crippen LogP contribution in [0.5, 0.6) is 11.5 Å². The molecule has 0 saturated heterocycles. The molecule has 22 heavy (non-hydrogen) atoms. The number of fused-ring (bicyclic) bond motifs is 1. The molecule has 0 fully saturated rings. The fourth-order valence-electron chi connectivity index (χ4n) is 2.14. The Bertz CT molecular complexity index is 677. The first-order valence-electron chi connectivity index (χ1n) is 7.10. The molecule has 4 heteroatoms. The zero-order valence-corrected chi connectivity index (χ0v) is 12.0. The second-order valence-corrected chi connectivity index (χ2v) is 4.85. The molecular formula is C18H16O4. The zero-order chi connectivity index (χ0) is 15.2. The monoisotopic (exact) mass is 296 g/mol. The summed E-state index contributed by atoms with van der Waals surface area (Å²) in [6.07, 6.45) is 3.83. The van der Waals surface area contributed by atoms with E-state index < -0.39 is 0 Å². The summed E-state index contributed by atoms with van der Waals surface area (Å²) in [5.74, 6) is 1.07. The molecule has 1 aliphatic heterocycles. The molecule has 2 aromatic rings. The van der Waals surface area contributed by atoms with Crippen LogP contribution >= 0.6 is 0 Å². The Kier molecular flexibility index (Phi) is 4.39. The van der Waals surface area contributed by atoms with Gasteiger partial charge in [0.25, 0.3) is 0 Å². The molecule has 0 atom stereocenters. The average Bonchev–Trinajstić information content (AvgIpc) is 3.01. The summed E-state index contributed by atoms with van der Waals surface area (Å²) < 4.78 is 15.7. The number of benzene rings is 2. The minimum atomic E-state index is -0.353. The van der Waals surface area contributed by atoms with Crippen molar-refractivity contribution in [3.8, 4) is 11.5 Å². The molecule has 0 aromatic heterocycles. The minimum Gasteiger partial charge on any atom is -0.462 e. The summed E-state index contributed by atoms with van der Waals surface area (Å²) >= 11 is 0. The third-order valence-electron chi connectivity index (χ3n) is 3.29. The second-order valence-electron chi connectivity index (χ2n) is 4.85. The SMILES string of the molecule is O=C(/C=C/c1ccc2c(c1)OCO2)OCCc1ccccc1. The molecule has 0 radical (unpaired) electrons. The van der Waals surface area contributed by atoms with Crippen LogP contribution in [0.25, 0.3) is 6.08 Å². The third-order valence-corrected chi connectivity index (χ3v) is 3.29. The van der Waals surface area contributed by atoms with E-state index in [0.29, 0.717) is 18.8 Å². The van der Waals surface area contributed by atoms with Gasteiger partial charge in [-0.1, -0.05) is 36.4 Å². The van der Waals surface area contributed by atoms with E-state index in [1.807, 2.05) is 48.5 Å². The molecule has 4 nitrogen and oxygen atoms in total. The first kappa shape index (κ1) is 14.2. The lowest BCUT2D eigenvalue weighted by atomic mass is 10.2. The molecule has 1 aliphatic rings. The number of hydrogen-bond acceptors (Lipinski definition) is 4. The topological polar surface area (TPSA) is 44.8 Å². The molecule has 2 aromatic carbocycles. The van der Waals surface area contributed by atoms with Crippen LogP contribution in [0.15, 0.2) is 54.6 Å². The molecule has 0 N–H and O–H groups in total. The first-order chi connectivity index (χ1) is 10.8. The van der Waals surface area contributed by atoms with Crippen molar-refractivity contribution in [1.82, 2.24) is 0 Å². The van der Waals surface area contributed by atoms with Gasteiger partial charge in [0.05, 0.1) is 6.61 Å². The van der Waals surface area contributed by atoms with Gasteiger partial charge in [0.15, 0.2) is 11.5 Å². The summed E-state index contributed by atoms with van der Waals surface area (Å²) in [6, 6.07) is 15.4. The Morgan fingerprint density at radius 3 is 2.77 bits per heavy atom. The Labute approximate surface area is 128 Å². The molecule has 0 spiro atoms. The second kappa shape index (κ2) is 6.80. The number of esters is 1. The number of ether oxygens (including phenoxy) is 3. The van der Waals surface area contributed by atoms with Crippen molar-refractivity contribution in [3.05, 3.63) is 65.7 Å². The van der Waals surface area contributed by atoms with Gasteiger partial charge >= 0.3 is 5.97 Å². The molecule has 112 valence electrons. The fourth-order valence-corrected chi connectivity index (χ4v) is 2.14. The maximum Gasteiger partial charge on any atom is 0.330 e. The normalized spacial score (nSPS) is 12.5. The highest BCUT2D eigenvalue weighted by atomic mass is 16.7. The number of carbonyl (C=O) groups is 1. The lowest BCUT2D eigenvalue weighted by molar-refractivity contribution is -0.137. The predicted octanol–water partition coefficient (Wildman–Crippen LogP) is 3.21. The van der Waals surface area contributed by atoms with E-state index in [4.69, 9.17) is 14.2 Å². The molecule has 0 bridgehead atoms. The van der Waals surface area contributed by atoms with Crippen molar-refractivity contribution < 1.29 is 19.0 Å². The van der Waals surface area contributed by atoms with Crippen LogP contribution in [0.4, 0.5) is 0 Å². The minimum absolute atomic E-state index is 0.240. The molecule has 3 rings (SSSR count). The standard InChI is InChI=1S/C18H16O4/c19-18(20-11-10-14-4-2-1-3-5-14)9-7-15-6-8-16-17(12-15)22-13-21-16/h1-9,12H,10-11,13H2/b9-7+. The molecule has 0 amide bonds. The quantitative estimate of drug-likeness (QED) is 0.628. The summed E-state index contributed by atoms with van der Waals surface area (Å²) in [7, 11) is 0. The number of hydrogen-bond donors (Lipinski definition) is 0. The van der Waals surface area contributed by atoms with Crippen LogP contribution in [0.3, 0.4) is 0 Å². The van der Waals surface area contributed by atoms with Crippen molar-refractivity contribution in [2.24, 2.45) is 0 Å². The largest absolute Gasteiger partial charge is 0.462 e. The summed E-state index contributed by atoms with van der Waals surface area (Å²) in [5, 5.41) is 0. The van der Waals surface area contributed by atoms with E-state index in [0.717, 1.165) is 16.9 Å². The van der Waals surface area contributed by atoms with Crippen LogP contribution in [0.2, 0.25) is 0 Å². The molecule has 0 saturated carbocycles. The van der Waals surface area contributed by atoms with Gasteiger partial charge in [-0.3, -0.25) is 0 Å². The van der Waals surface area contributed by atoms with Gasteiger partial charge in [0.2, 0.25) is 6.79 Å². The number of carbonyl (C=O) groups excluding carboxylic acids is 1. The van der Waals surface area contributed by atoms with E-state index in [9.17, 15) is 4.79 Å². The lowest BCUT2D eigenvalue weighted by Crippen LogP contribution is -2.04. The van der Waals surface area contributed by atoms with E-state index in [-0.39, 0.29) is 12.8 Å². The van der Waals surface area contributed by atoms with Gasteiger partial charge in [-0.05, 0) is 29.3 Å². The van der Waals surface area contributed by atoms with Crippen molar-refractivity contribution in [1.29, 1.82) is 0 Å². The van der Waals surface area contributed by atoms with Crippen LogP contribution in [0.1, 0.15) is 11.1 Å². The maximum atomic E-state index is 11.7. The van der Waals surface area contributed by atoms with Gasteiger partial charge in [0.1, 0.15) is 0 Å². The van der Waals surface area contributed by atoms with Crippen molar-refractivity contribution in [2.45, 2.75) is 6.42 Å². The van der Waals surface area contributed by atoms with Gasteiger partial charge < -0.3 is 14.2 Å². The van der Waals surface area contributed by atoms with Crippen molar-refractivity contribution >= 4 is 12.0 Å². The Morgan fingerprint density at radius 2 is 1.91 bits per heavy atom. The molecular weight excluding hydrogens is 280 g/mol. The average molecular weight is 296 g/mol. The fraction of sp³-hybridized carbons (Fsp3) is 0.167. The summed E-state index contributed by atoms with van der Waals surface area (Å²) in [6.45, 7) is 0.609. The van der Waals surface area contributed by atoms with Crippen LogP contribution in [-0.4, -0.2) is 19.4 Å². The van der Waals surface area contributed by atoms with Gasteiger partial charge in [-0.15, -0.1) is 0 Å². The molecule has 0 unspecified atom stereocenters. The van der Waals surface area contributed by atoms with Crippen molar-refractivity contribution in [3.63, 3.8) is 0 Å². The third kappa shape index (κ3) is 3.67. The Hall–Kier alpha value is -2.75. The summed E-state index contributed by atoms with van der Waals surface area (Å²) in [5.41, 5.74) is 2.01. The van der Waals surface area contributed by atoms with E-state index in [1.165, 1.54) is 6.08 Å². The van der Waals surface area contributed by atoms with Crippen LogP contribution in [0, 0.1) is 0 Å². The lowest BCUT2D eigenvalue weighted by Gasteiger charge is -2.02. The predicted molar refractivity (Wildman–Crippen MR) is 82.7 cm³/mol. The first-order valence-corrected chi connectivity index (χ1v) is 7.10. The highest BCUT2D eigenvalue weighted by molar-refractivity contribution is 5.87. The highest BCUT2D eigenvalue weighted by Gasteiger charge is 2.12. The van der Waals surface area contributed by atoms with Crippen LogP contribution < -0.4 is 9.47 Å². The zero-order valence-electron chi connectivity index (χ0n) is 12.0. The van der Waals surface area contributed by atoms with Crippen LogP contribution in [-0.2, 0) is 16.0 Å². The molecule has 1 heterocycles. The van der Waals surface area contributed by atoms with E-state index in [2.05, 4.69) is 0 Å². The summed E-state index contributed by atoms with van der Waals surface area (Å²) in [4.78, 5) is 11.7. The highest BCUT2D eigenvalue weighted by Crippen LogP contribution is 2.32. The molecule has 0 aliphatic carbocycles. The maximum absolute atomic E-state index is 11.7. The van der Waals surface area contributed by atoms with Gasteiger partial charge in [0, 0.05) is 12.5 Å². The van der Waals surface area contributed by atoms with Gasteiger partial charge in [-0.25, -0.2) is 4.79 Å². The van der Waals surface area contributed by atoms with Crippen molar-refractivity contribution in [2.75, 3.05) is 13.4 Å².